The van der Waals surface area contributed by atoms with Crippen LogP contribution >= 0.6 is 11.3 Å². The molecule has 2 atom stereocenters. The van der Waals surface area contributed by atoms with Gasteiger partial charge in [-0.1, -0.05) is 30.3 Å². The van der Waals surface area contributed by atoms with Crippen molar-refractivity contribution >= 4 is 34.8 Å². The number of hydrogen-bond donors (Lipinski definition) is 3. The van der Waals surface area contributed by atoms with Gasteiger partial charge in [-0.25, -0.2) is 13.8 Å². The van der Waals surface area contributed by atoms with Crippen LogP contribution in [0.3, 0.4) is 0 Å². The van der Waals surface area contributed by atoms with Gasteiger partial charge in [0.05, 0.1) is 6.54 Å². The summed E-state index contributed by atoms with van der Waals surface area (Å²) in [5.74, 6) is -5.54. The van der Waals surface area contributed by atoms with E-state index in [4.69, 9.17) is 0 Å². The molecule has 0 radical (unpaired) electrons. The van der Waals surface area contributed by atoms with Crippen LogP contribution in [0.1, 0.15) is 49.6 Å². The third-order valence-electron chi connectivity index (χ3n) is 6.10. The van der Waals surface area contributed by atoms with Gasteiger partial charge in [-0.2, -0.15) is 0 Å². The van der Waals surface area contributed by atoms with Crippen molar-refractivity contribution in [2.24, 2.45) is 5.92 Å². The number of aromatic nitrogens is 1. The van der Waals surface area contributed by atoms with Crippen LogP contribution in [0.5, 0.6) is 0 Å². The molecular formula is C25H30F2N4O4S. The minimum absolute atomic E-state index is 0.0548. The van der Waals surface area contributed by atoms with E-state index in [0.717, 1.165) is 5.56 Å². The lowest BCUT2D eigenvalue weighted by molar-refractivity contribution is -0.140. The standard InChI is InChI=1S/C25H30F2N4O4S/c1-16(30-20(32)14-18-7-9-25(26,27)10-8-18)23(34)31-19(13-17-5-3-2-4-6-17)22(33)24(35)29-15-21-28-11-12-36-21/h2-6,11-12,16,18-19H,7-10,13-15H2,1H3,(H,29,35)(H,30,32)(H,31,34)/t16-,19-/m1/s1. The molecule has 0 saturated heterocycles. The van der Waals surface area contributed by atoms with E-state index in [-0.39, 0.29) is 51.0 Å². The summed E-state index contributed by atoms with van der Waals surface area (Å²) in [4.78, 5) is 54.7. The Morgan fingerprint density at radius 2 is 1.81 bits per heavy atom. The summed E-state index contributed by atoms with van der Waals surface area (Å²) < 4.78 is 26.7. The number of carbonyl (C=O) groups is 4. The number of nitrogens with one attached hydrogen (secondary N) is 3. The van der Waals surface area contributed by atoms with Gasteiger partial charge in [0.25, 0.3) is 5.91 Å². The molecule has 0 bridgehead atoms. The van der Waals surface area contributed by atoms with Crippen LogP contribution in [-0.2, 0) is 32.1 Å². The van der Waals surface area contributed by atoms with Crippen molar-refractivity contribution in [2.75, 3.05) is 0 Å². The van der Waals surface area contributed by atoms with Crippen molar-refractivity contribution in [1.29, 1.82) is 0 Å². The lowest BCUT2D eigenvalue weighted by atomic mass is 9.84. The Hall–Kier alpha value is -3.21. The highest BCUT2D eigenvalue weighted by Crippen LogP contribution is 2.37. The second kappa shape index (κ2) is 12.7. The van der Waals surface area contributed by atoms with Crippen LogP contribution in [0.15, 0.2) is 41.9 Å². The lowest BCUT2D eigenvalue weighted by Crippen LogP contribution is -2.53. The first kappa shape index (κ1) is 27.4. The third-order valence-corrected chi connectivity index (χ3v) is 6.88. The Morgan fingerprint density at radius 3 is 2.44 bits per heavy atom. The number of ketones is 1. The SMILES string of the molecule is C[C@@H](NC(=O)CC1CCC(F)(F)CC1)C(=O)N[C@H](Cc1ccccc1)C(=O)C(=O)NCc1nccs1. The number of halogens is 2. The van der Waals surface area contributed by atoms with E-state index >= 15 is 0 Å². The smallest absolute Gasteiger partial charge is 0.289 e. The zero-order chi connectivity index (χ0) is 26.1. The van der Waals surface area contributed by atoms with Gasteiger partial charge >= 0.3 is 0 Å². The average Bonchev–Trinajstić information content (AvgIpc) is 3.37. The fourth-order valence-electron chi connectivity index (χ4n) is 4.03. The first-order valence-electron chi connectivity index (χ1n) is 11.8. The Balaban J connectivity index is 1.57. The molecule has 1 fully saturated rings. The van der Waals surface area contributed by atoms with Crippen molar-refractivity contribution < 1.29 is 28.0 Å². The Morgan fingerprint density at radius 1 is 1.11 bits per heavy atom. The van der Waals surface area contributed by atoms with Gasteiger partial charge in [-0.3, -0.25) is 19.2 Å². The Kier molecular flexibility index (Phi) is 9.63. The van der Waals surface area contributed by atoms with E-state index in [9.17, 15) is 28.0 Å². The maximum absolute atomic E-state index is 13.3. The molecule has 1 aromatic heterocycles. The van der Waals surface area contributed by atoms with E-state index < -0.39 is 41.5 Å². The first-order chi connectivity index (χ1) is 17.1. The molecule has 1 aliphatic rings. The zero-order valence-corrected chi connectivity index (χ0v) is 20.8. The van der Waals surface area contributed by atoms with Gasteiger partial charge in [0.15, 0.2) is 0 Å². The molecule has 8 nitrogen and oxygen atoms in total. The van der Waals surface area contributed by atoms with Gasteiger partial charge in [-0.05, 0) is 31.2 Å². The van der Waals surface area contributed by atoms with Gasteiger partial charge in [0, 0.05) is 37.3 Å². The largest absolute Gasteiger partial charge is 0.345 e. The van der Waals surface area contributed by atoms with Gasteiger partial charge in [0.2, 0.25) is 23.5 Å². The second-order valence-corrected chi connectivity index (χ2v) is 10.00. The molecule has 3 amide bonds. The predicted octanol–water partition coefficient (Wildman–Crippen LogP) is 2.78. The third kappa shape index (κ3) is 8.47. The molecule has 1 aromatic carbocycles. The number of amides is 3. The lowest BCUT2D eigenvalue weighted by Gasteiger charge is -2.28. The number of rotatable bonds is 11. The number of carbonyl (C=O) groups excluding carboxylic acids is 4. The number of nitrogens with zero attached hydrogens (tertiary/aromatic N) is 1. The summed E-state index contributed by atoms with van der Waals surface area (Å²) in [6.45, 7) is 1.56. The number of hydrogen-bond acceptors (Lipinski definition) is 6. The van der Waals surface area contributed by atoms with Crippen molar-refractivity contribution in [1.82, 2.24) is 20.9 Å². The van der Waals surface area contributed by atoms with Crippen molar-refractivity contribution in [3.05, 3.63) is 52.5 Å². The first-order valence-corrected chi connectivity index (χ1v) is 12.7. The van der Waals surface area contributed by atoms with Gasteiger partial charge in [-0.15, -0.1) is 11.3 Å². The van der Waals surface area contributed by atoms with Crippen LogP contribution in [-0.4, -0.2) is 46.5 Å². The quantitative estimate of drug-likeness (QED) is 0.394. The molecule has 0 spiro atoms. The molecule has 11 heteroatoms. The summed E-state index contributed by atoms with van der Waals surface area (Å²) >= 11 is 1.34. The summed E-state index contributed by atoms with van der Waals surface area (Å²) in [7, 11) is 0. The van der Waals surface area contributed by atoms with Gasteiger partial charge < -0.3 is 16.0 Å². The highest BCUT2D eigenvalue weighted by molar-refractivity contribution is 7.09. The zero-order valence-electron chi connectivity index (χ0n) is 20.0. The average molecular weight is 521 g/mol. The van der Waals surface area contributed by atoms with Crippen molar-refractivity contribution in [3.63, 3.8) is 0 Å². The fraction of sp³-hybridized carbons (Fsp3) is 0.480. The molecule has 3 rings (SSSR count). The van der Waals surface area contributed by atoms with Crippen LogP contribution in [0.25, 0.3) is 0 Å². The predicted molar refractivity (Wildman–Crippen MR) is 130 cm³/mol. The number of benzene rings is 1. The summed E-state index contributed by atoms with van der Waals surface area (Å²) in [5, 5.41) is 10.1. The highest BCUT2D eigenvalue weighted by atomic mass is 32.1. The monoisotopic (exact) mass is 520 g/mol. The van der Waals surface area contributed by atoms with E-state index in [1.54, 1.807) is 35.8 Å². The van der Waals surface area contributed by atoms with Crippen LogP contribution in [0.4, 0.5) is 8.78 Å². The van der Waals surface area contributed by atoms with Gasteiger partial charge in [0.1, 0.15) is 17.1 Å². The van der Waals surface area contributed by atoms with E-state index in [0.29, 0.717) is 5.01 Å². The molecule has 1 heterocycles. The van der Waals surface area contributed by atoms with E-state index in [2.05, 4.69) is 20.9 Å². The molecule has 2 aromatic rings. The Labute approximate surface area is 212 Å². The maximum Gasteiger partial charge on any atom is 0.289 e. The molecule has 1 saturated carbocycles. The minimum atomic E-state index is -2.67. The molecular weight excluding hydrogens is 490 g/mol. The molecule has 1 aliphatic carbocycles. The number of Topliss-reactive ketones (excluding diaryl/α,β-unsaturated/α-hetero) is 1. The van der Waals surface area contributed by atoms with E-state index in [1.165, 1.54) is 18.3 Å². The highest BCUT2D eigenvalue weighted by Gasteiger charge is 2.36. The summed E-state index contributed by atoms with van der Waals surface area (Å²) in [6, 6.07) is 6.81. The molecule has 0 unspecified atom stereocenters. The molecule has 3 N–H and O–H groups in total. The number of alkyl halides is 2. The van der Waals surface area contributed by atoms with Crippen molar-refractivity contribution in [2.45, 2.75) is 70.0 Å². The Bertz CT molecular complexity index is 1040. The fourth-order valence-corrected chi connectivity index (χ4v) is 4.59. The molecule has 36 heavy (non-hydrogen) atoms. The van der Waals surface area contributed by atoms with E-state index in [1.807, 2.05) is 6.07 Å². The van der Waals surface area contributed by atoms with Crippen LogP contribution in [0.2, 0.25) is 0 Å². The molecule has 194 valence electrons. The van der Waals surface area contributed by atoms with Crippen molar-refractivity contribution in [3.8, 4) is 0 Å². The molecule has 0 aliphatic heterocycles. The maximum atomic E-state index is 13.3. The summed E-state index contributed by atoms with van der Waals surface area (Å²) in [6.07, 6.45) is 1.76. The second-order valence-electron chi connectivity index (χ2n) is 9.02. The minimum Gasteiger partial charge on any atom is -0.345 e. The normalized spacial score (nSPS) is 17.0. The summed E-state index contributed by atoms with van der Waals surface area (Å²) in [5.41, 5.74) is 0.745. The van der Waals surface area contributed by atoms with Crippen LogP contribution < -0.4 is 16.0 Å². The van der Waals surface area contributed by atoms with Crippen LogP contribution in [0, 0.1) is 5.92 Å². The topological polar surface area (TPSA) is 117 Å². The number of thiazole rings is 1.